The van der Waals surface area contributed by atoms with Crippen LogP contribution < -0.4 is 15.4 Å². The number of thioether (sulfide) groups is 2. The number of β-lactam (4-membered cyclic amide) rings is 1. The second-order valence-corrected chi connectivity index (χ2v) is 22.5. The van der Waals surface area contributed by atoms with Crippen LogP contribution in [0.15, 0.2) is 221 Å². The van der Waals surface area contributed by atoms with Gasteiger partial charge in [0.1, 0.15) is 46.2 Å². The Labute approximate surface area is 477 Å². The summed E-state index contributed by atoms with van der Waals surface area (Å²) in [5.41, 5.74) is 5.39. The van der Waals surface area contributed by atoms with Gasteiger partial charge in [0.25, 0.3) is 11.8 Å². The minimum absolute atomic E-state index is 0.0577. The van der Waals surface area contributed by atoms with Crippen LogP contribution in [0.1, 0.15) is 45.2 Å². The van der Waals surface area contributed by atoms with Crippen molar-refractivity contribution in [1.29, 1.82) is 0 Å². The standard InChI is InChI=1S/C61H49N7O8S4/c1-73-46-29-27-39(28-30-46)34-74-58(72)53-42(37-79-60-64-47-33-62-32-31-49(47)80-60)36-77-57-52(56(71)68(53)57)65-55(70)51(67-75-35-50(69)76-54(40-17-7-2-8-18-40)41-19-9-3-10-20-41)48-38-78-59(63-48)66-61(43-21-11-4-12-22-43,44-23-13-5-14-24-44)45-25-15-6-16-26-45/h2-33,38,52,54,57H,34-37H2,1H3,(H,63,66)(H,65,70)/b67-51-/t52?,57-/m1/s1. The molecule has 0 bridgehead atoms. The van der Waals surface area contributed by atoms with Crippen molar-refractivity contribution in [3.63, 3.8) is 0 Å². The number of pyridine rings is 1. The van der Waals surface area contributed by atoms with Gasteiger partial charge in [0.2, 0.25) is 6.61 Å². The zero-order valence-electron chi connectivity index (χ0n) is 42.7. The van der Waals surface area contributed by atoms with E-state index in [1.807, 2.05) is 158 Å². The average Bonchev–Trinajstić information content (AvgIpc) is 4.30. The number of anilines is 1. The highest BCUT2D eigenvalue weighted by molar-refractivity contribution is 8.02. The molecule has 1 fully saturated rings. The Morgan fingerprint density at radius 2 is 1.40 bits per heavy atom. The SMILES string of the molecule is COc1ccc(COC(=O)C2=C(CSc3nc4cnccc4s3)CS[C@@H]3C(NC(=O)/C(=N\OCC(=O)OC(c4ccccc4)c4ccccc4)c4csc(NC(c5ccccc5)(c5ccccc5)c5ccccc5)n4)C(=O)N23)cc1. The monoisotopic (exact) mass is 1140 g/mol. The molecule has 19 heteroatoms. The molecule has 9 aromatic rings. The third-order valence-electron chi connectivity index (χ3n) is 13.3. The lowest BCUT2D eigenvalue weighted by molar-refractivity contribution is -0.153. The number of rotatable bonds is 21. The van der Waals surface area contributed by atoms with E-state index in [4.69, 9.17) is 29.0 Å². The maximum atomic E-state index is 14.9. The van der Waals surface area contributed by atoms with E-state index in [1.54, 1.807) is 49.1 Å². The molecule has 0 radical (unpaired) electrons. The predicted molar refractivity (Wildman–Crippen MR) is 311 cm³/mol. The van der Waals surface area contributed by atoms with Gasteiger partial charge in [-0.05, 0) is 57.2 Å². The molecule has 0 spiro atoms. The number of aromatic nitrogens is 3. The molecule has 2 aliphatic heterocycles. The summed E-state index contributed by atoms with van der Waals surface area (Å²) in [5.74, 6) is -1.43. The van der Waals surface area contributed by atoms with Crippen LogP contribution in [0.2, 0.25) is 0 Å². The van der Waals surface area contributed by atoms with E-state index in [0.29, 0.717) is 28.0 Å². The Kier molecular flexibility index (Phi) is 16.4. The fraction of sp³-hybridized carbons (Fsp3) is 0.148. The summed E-state index contributed by atoms with van der Waals surface area (Å²) in [4.78, 5) is 78.4. The largest absolute Gasteiger partial charge is 0.497 e. The highest BCUT2D eigenvalue weighted by atomic mass is 32.2. The second-order valence-electron chi connectivity index (χ2n) is 18.3. The number of hydrogen-bond donors (Lipinski definition) is 2. The van der Waals surface area contributed by atoms with Crippen LogP contribution in [-0.2, 0) is 45.6 Å². The molecule has 5 heterocycles. The van der Waals surface area contributed by atoms with E-state index in [-0.39, 0.29) is 23.7 Å². The smallest absolute Gasteiger partial charge is 0.355 e. The van der Waals surface area contributed by atoms with Gasteiger partial charge in [0.15, 0.2) is 21.3 Å². The van der Waals surface area contributed by atoms with Crippen molar-refractivity contribution < 1.29 is 38.2 Å². The van der Waals surface area contributed by atoms with Crippen molar-refractivity contribution in [3.05, 3.63) is 250 Å². The summed E-state index contributed by atoms with van der Waals surface area (Å²) in [6.45, 7) is -0.727. The third kappa shape index (κ3) is 11.6. The van der Waals surface area contributed by atoms with Crippen LogP contribution in [0, 0.1) is 0 Å². The van der Waals surface area contributed by atoms with Crippen molar-refractivity contribution in [1.82, 2.24) is 25.2 Å². The lowest BCUT2D eigenvalue weighted by Crippen LogP contribution is -2.71. The lowest BCUT2D eigenvalue weighted by Gasteiger charge is -2.49. The fourth-order valence-electron chi connectivity index (χ4n) is 9.39. The number of oxime groups is 1. The highest BCUT2D eigenvalue weighted by Crippen LogP contribution is 2.44. The van der Waals surface area contributed by atoms with Crippen LogP contribution in [0.25, 0.3) is 10.2 Å². The molecule has 2 N–H and O–H groups in total. The van der Waals surface area contributed by atoms with Gasteiger partial charge in [0.05, 0.1) is 18.0 Å². The van der Waals surface area contributed by atoms with Crippen molar-refractivity contribution >= 4 is 91.0 Å². The molecule has 400 valence electrons. The van der Waals surface area contributed by atoms with Gasteiger partial charge < -0.3 is 29.7 Å². The number of nitrogens with one attached hydrogen (secondary N) is 2. The minimum Gasteiger partial charge on any atom is -0.497 e. The molecule has 2 amide bonds. The first-order valence-corrected chi connectivity index (χ1v) is 29.0. The fourth-order valence-corrected chi connectivity index (χ4v) is 13.7. The van der Waals surface area contributed by atoms with Gasteiger partial charge in [-0.15, -0.1) is 34.4 Å². The van der Waals surface area contributed by atoms with Gasteiger partial charge in [0, 0.05) is 23.1 Å². The number of thiazole rings is 2. The number of amides is 2. The molecule has 0 saturated carbocycles. The number of nitrogens with zero attached hydrogens (tertiary/aromatic N) is 5. The minimum atomic E-state index is -1.10. The molecule has 15 nitrogen and oxygen atoms in total. The average molecular weight is 1140 g/mol. The maximum absolute atomic E-state index is 14.9. The van der Waals surface area contributed by atoms with Crippen LogP contribution in [0.3, 0.4) is 0 Å². The molecular formula is C61H49N7O8S4. The van der Waals surface area contributed by atoms with Crippen molar-refractivity contribution in [2.24, 2.45) is 5.16 Å². The first kappa shape index (κ1) is 53.4. The molecular weight excluding hydrogens is 1090 g/mol. The second kappa shape index (κ2) is 24.6. The number of methoxy groups -OCH3 is 1. The van der Waals surface area contributed by atoms with E-state index in [0.717, 1.165) is 47.9 Å². The molecule has 2 aliphatic rings. The maximum Gasteiger partial charge on any atom is 0.355 e. The number of benzene rings is 6. The van der Waals surface area contributed by atoms with Crippen LogP contribution in [0.5, 0.6) is 5.75 Å². The van der Waals surface area contributed by atoms with Crippen LogP contribution in [0.4, 0.5) is 5.13 Å². The Hall–Kier alpha value is -8.62. The first-order valence-electron chi connectivity index (χ1n) is 25.3. The van der Waals surface area contributed by atoms with Gasteiger partial charge >= 0.3 is 11.9 Å². The number of esters is 2. The Morgan fingerprint density at radius 3 is 2.00 bits per heavy atom. The lowest BCUT2D eigenvalue weighted by atomic mass is 9.77. The number of carbonyl (C=O) groups is 4. The van der Waals surface area contributed by atoms with Gasteiger partial charge in [-0.25, -0.2) is 19.6 Å². The Bertz CT molecular complexity index is 3530. The molecule has 2 atom stereocenters. The summed E-state index contributed by atoms with van der Waals surface area (Å²) in [7, 11) is 1.57. The van der Waals surface area contributed by atoms with E-state index in [2.05, 4.69) is 20.8 Å². The molecule has 1 unspecified atom stereocenters. The number of carbonyl (C=O) groups excluding carboxylic acids is 4. The van der Waals surface area contributed by atoms with E-state index in [9.17, 15) is 19.2 Å². The number of ether oxygens (including phenoxy) is 3. The molecule has 6 aromatic carbocycles. The number of hydrogen-bond acceptors (Lipinski definition) is 17. The van der Waals surface area contributed by atoms with Crippen molar-refractivity contribution in [2.45, 2.75) is 34.0 Å². The third-order valence-corrected chi connectivity index (χ3v) is 17.6. The molecule has 1 saturated heterocycles. The summed E-state index contributed by atoms with van der Waals surface area (Å²) < 4.78 is 19.0. The molecule has 3 aromatic heterocycles. The van der Waals surface area contributed by atoms with E-state index in [1.165, 1.54) is 51.1 Å². The van der Waals surface area contributed by atoms with Crippen molar-refractivity contribution in [3.8, 4) is 5.75 Å². The van der Waals surface area contributed by atoms with E-state index >= 15 is 0 Å². The number of fused-ring (bicyclic) bond motifs is 2. The van der Waals surface area contributed by atoms with Gasteiger partial charge in [-0.3, -0.25) is 19.5 Å². The summed E-state index contributed by atoms with van der Waals surface area (Å²) in [6, 6.07) is 56.6. The topological polar surface area (TPSA) is 184 Å². The quantitative estimate of drug-likeness (QED) is 0.0173. The summed E-state index contributed by atoms with van der Waals surface area (Å²) >= 11 is 5.60. The van der Waals surface area contributed by atoms with Gasteiger partial charge in [-0.1, -0.05) is 181 Å². The normalized spacial score (nSPS) is 15.2. The highest BCUT2D eigenvalue weighted by Gasteiger charge is 2.55. The van der Waals surface area contributed by atoms with Crippen LogP contribution >= 0.6 is 46.2 Å². The zero-order valence-corrected chi connectivity index (χ0v) is 46.0. The molecule has 11 rings (SSSR count). The molecule has 80 heavy (non-hydrogen) atoms. The van der Waals surface area contributed by atoms with Crippen LogP contribution in [-0.4, -0.2) is 86.0 Å². The van der Waals surface area contributed by atoms with Crippen molar-refractivity contribution in [2.75, 3.05) is 30.5 Å². The van der Waals surface area contributed by atoms with Gasteiger partial charge in [-0.2, -0.15) is 0 Å². The predicted octanol–water partition coefficient (Wildman–Crippen LogP) is 10.8. The Morgan fingerprint density at radius 1 is 0.787 bits per heavy atom. The zero-order chi connectivity index (χ0) is 54.8. The first-order chi connectivity index (χ1) is 39.2. The summed E-state index contributed by atoms with van der Waals surface area (Å²) in [6.07, 6.45) is 2.66. The van der Waals surface area contributed by atoms with E-state index < -0.39 is 53.4 Å². The summed E-state index contributed by atoms with van der Waals surface area (Å²) in [5, 5.41) is 12.3. The Balaban J connectivity index is 0.885. The molecule has 0 aliphatic carbocycles.